The SMILES string of the molecule is CN(C)c1cccc2c(C(C)(C)CC3CCCC(C(C)(C)C)C3)cccc12. The van der Waals surface area contributed by atoms with E-state index < -0.39 is 0 Å². The van der Waals surface area contributed by atoms with E-state index in [1.165, 1.54) is 54.1 Å². The summed E-state index contributed by atoms with van der Waals surface area (Å²) in [5.41, 5.74) is 3.48. The van der Waals surface area contributed by atoms with Crippen LogP contribution in [0.4, 0.5) is 5.69 Å². The lowest BCUT2D eigenvalue weighted by Crippen LogP contribution is -2.30. The van der Waals surface area contributed by atoms with Crippen molar-refractivity contribution < 1.29 is 0 Å². The molecule has 2 aromatic rings. The van der Waals surface area contributed by atoms with E-state index in [1.54, 1.807) is 0 Å². The van der Waals surface area contributed by atoms with E-state index in [-0.39, 0.29) is 5.41 Å². The van der Waals surface area contributed by atoms with Gasteiger partial charge in [-0.05, 0) is 58.9 Å². The van der Waals surface area contributed by atoms with Crippen LogP contribution in [-0.4, -0.2) is 14.1 Å². The van der Waals surface area contributed by atoms with Crippen LogP contribution in [0.3, 0.4) is 0 Å². The largest absolute Gasteiger partial charge is 0.377 e. The molecule has 148 valence electrons. The molecule has 0 heterocycles. The predicted octanol–water partition coefficient (Wildman–Crippen LogP) is 7.43. The summed E-state index contributed by atoms with van der Waals surface area (Å²) in [7, 11) is 4.28. The summed E-state index contributed by atoms with van der Waals surface area (Å²) in [5.74, 6) is 1.73. The maximum atomic E-state index is 2.46. The number of hydrogen-bond donors (Lipinski definition) is 0. The minimum atomic E-state index is 0.203. The van der Waals surface area contributed by atoms with Gasteiger partial charge in [0.25, 0.3) is 0 Å². The Bertz CT molecular complexity index is 778. The normalized spacial score (nSPS) is 21.4. The molecule has 2 unspecified atom stereocenters. The van der Waals surface area contributed by atoms with Crippen molar-refractivity contribution in [1.82, 2.24) is 0 Å². The Morgan fingerprint density at radius 2 is 1.56 bits per heavy atom. The second-order valence-corrected chi connectivity index (χ2v) is 10.8. The molecular formula is C26H39N. The zero-order valence-electron chi connectivity index (χ0n) is 18.6. The molecule has 1 fully saturated rings. The van der Waals surface area contributed by atoms with E-state index in [0.717, 1.165) is 11.8 Å². The summed E-state index contributed by atoms with van der Waals surface area (Å²) >= 11 is 0. The molecule has 0 amide bonds. The van der Waals surface area contributed by atoms with E-state index in [0.29, 0.717) is 5.41 Å². The molecule has 3 rings (SSSR count). The molecule has 0 spiro atoms. The standard InChI is InChI=1S/C26H39N/c1-25(2,3)20-12-8-11-19(17-20)18-26(4,5)23-15-9-14-22-21(23)13-10-16-24(22)27(6)7/h9-10,13-16,19-20H,8,11-12,17-18H2,1-7H3. The maximum Gasteiger partial charge on any atom is 0.0440 e. The number of rotatable bonds is 4. The van der Waals surface area contributed by atoms with Crippen LogP contribution < -0.4 is 4.90 Å². The van der Waals surface area contributed by atoms with Crippen LogP contribution in [0.1, 0.15) is 72.3 Å². The second kappa shape index (κ2) is 7.49. The van der Waals surface area contributed by atoms with Crippen molar-refractivity contribution >= 4 is 16.5 Å². The highest BCUT2D eigenvalue weighted by atomic mass is 15.1. The lowest BCUT2D eigenvalue weighted by Gasteiger charge is -2.40. The molecule has 2 atom stereocenters. The predicted molar refractivity (Wildman–Crippen MR) is 121 cm³/mol. The van der Waals surface area contributed by atoms with Crippen LogP contribution >= 0.6 is 0 Å². The third-order valence-corrected chi connectivity index (χ3v) is 6.92. The third-order valence-electron chi connectivity index (χ3n) is 6.92. The zero-order chi connectivity index (χ0) is 19.8. The molecule has 1 aliphatic carbocycles. The molecule has 0 N–H and O–H groups in total. The van der Waals surface area contributed by atoms with Crippen LogP contribution in [0.2, 0.25) is 0 Å². The summed E-state index contributed by atoms with van der Waals surface area (Å²) in [6, 6.07) is 13.7. The first-order valence-corrected chi connectivity index (χ1v) is 10.8. The molecule has 0 bridgehead atoms. The molecule has 0 aliphatic heterocycles. The quantitative estimate of drug-likeness (QED) is 0.544. The van der Waals surface area contributed by atoms with Crippen molar-refractivity contribution in [1.29, 1.82) is 0 Å². The second-order valence-electron chi connectivity index (χ2n) is 10.8. The summed E-state index contributed by atoms with van der Waals surface area (Å²) in [4.78, 5) is 2.23. The van der Waals surface area contributed by atoms with Crippen molar-refractivity contribution in [3.63, 3.8) is 0 Å². The zero-order valence-corrected chi connectivity index (χ0v) is 18.6. The van der Waals surface area contributed by atoms with E-state index >= 15 is 0 Å². The Labute approximate surface area is 167 Å². The monoisotopic (exact) mass is 365 g/mol. The van der Waals surface area contributed by atoms with Crippen molar-refractivity contribution in [3.8, 4) is 0 Å². The number of hydrogen-bond acceptors (Lipinski definition) is 1. The highest BCUT2D eigenvalue weighted by molar-refractivity contribution is 5.96. The summed E-state index contributed by atoms with van der Waals surface area (Å²) in [5, 5.41) is 2.81. The molecule has 1 nitrogen and oxygen atoms in total. The molecular weight excluding hydrogens is 326 g/mol. The minimum Gasteiger partial charge on any atom is -0.377 e. The summed E-state index contributed by atoms with van der Waals surface area (Å²) < 4.78 is 0. The maximum absolute atomic E-state index is 2.46. The van der Waals surface area contributed by atoms with Gasteiger partial charge in [0.1, 0.15) is 0 Å². The number of benzene rings is 2. The first-order valence-electron chi connectivity index (χ1n) is 10.8. The van der Waals surface area contributed by atoms with E-state index in [2.05, 4.69) is 90.0 Å². The fourth-order valence-corrected chi connectivity index (χ4v) is 5.37. The van der Waals surface area contributed by atoms with E-state index in [9.17, 15) is 0 Å². The van der Waals surface area contributed by atoms with Gasteiger partial charge < -0.3 is 4.90 Å². The Morgan fingerprint density at radius 1 is 0.889 bits per heavy atom. The summed E-state index contributed by atoms with van der Waals surface area (Å²) in [6.45, 7) is 12.2. The average molecular weight is 366 g/mol. The number of nitrogens with zero attached hydrogens (tertiary/aromatic N) is 1. The number of anilines is 1. The average Bonchev–Trinajstić information content (AvgIpc) is 2.59. The van der Waals surface area contributed by atoms with Crippen LogP contribution in [0.25, 0.3) is 10.8 Å². The first kappa shape index (κ1) is 20.2. The topological polar surface area (TPSA) is 3.24 Å². The molecule has 1 saturated carbocycles. The van der Waals surface area contributed by atoms with Gasteiger partial charge in [-0.1, -0.05) is 77.8 Å². The first-order chi connectivity index (χ1) is 12.6. The Balaban J connectivity index is 1.90. The van der Waals surface area contributed by atoms with Gasteiger partial charge in [-0.3, -0.25) is 0 Å². The third kappa shape index (κ3) is 4.33. The van der Waals surface area contributed by atoms with Crippen molar-refractivity contribution in [2.75, 3.05) is 19.0 Å². The van der Waals surface area contributed by atoms with Crippen molar-refractivity contribution in [2.24, 2.45) is 17.3 Å². The molecule has 0 aromatic heterocycles. The van der Waals surface area contributed by atoms with E-state index in [1.807, 2.05) is 0 Å². The molecule has 1 heteroatoms. The van der Waals surface area contributed by atoms with Gasteiger partial charge in [0.2, 0.25) is 0 Å². The van der Waals surface area contributed by atoms with Gasteiger partial charge in [-0.25, -0.2) is 0 Å². The Kier molecular flexibility index (Phi) is 5.62. The fourth-order valence-electron chi connectivity index (χ4n) is 5.37. The molecule has 27 heavy (non-hydrogen) atoms. The smallest absolute Gasteiger partial charge is 0.0440 e. The Morgan fingerprint density at radius 3 is 2.22 bits per heavy atom. The van der Waals surface area contributed by atoms with Gasteiger partial charge in [0.15, 0.2) is 0 Å². The van der Waals surface area contributed by atoms with Gasteiger partial charge in [0, 0.05) is 25.2 Å². The number of fused-ring (bicyclic) bond motifs is 1. The van der Waals surface area contributed by atoms with Crippen molar-refractivity contribution in [3.05, 3.63) is 42.0 Å². The molecule has 0 saturated heterocycles. The lowest BCUT2D eigenvalue weighted by atomic mass is 9.65. The molecule has 2 aromatic carbocycles. The van der Waals surface area contributed by atoms with Crippen molar-refractivity contribution in [2.45, 2.75) is 72.1 Å². The minimum absolute atomic E-state index is 0.203. The Hall–Kier alpha value is -1.50. The van der Waals surface area contributed by atoms with Crippen LogP contribution in [0.5, 0.6) is 0 Å². The van der Waals surface area contributed by atoms with Crippen LogP contribution in [0.15, 0.2) is 36.4 Å². The fraction of sp³-hybridized carbons (Fsp3) is 0.615. The van der Waals surface area contributed by atoms with Crippen LogP contribution in [0, 0.1) is 17.3 Å². The van der Waals surface area contributed by atoms with E-state index in [4.69, 9.17) is 0 Å². The highest BCUT2D eigenvalue weighted by Gasteiger charge is 2.34. The van der Waals surface area contributed by atoms with Gasteiger partial charge in [-0.2, -0.15) is 0 Å². The molecule has 0 radical (unpaired) electrons. The van der Waals surface area contributed by atoms with Crippen LogP contribution in [-0.2, 0) is 5.41 Å². The van der Waals surface area contributed by atoms with Gasteiger partial charge in [-0.15, -0.1) is 0 Å². The van der Waals surface area contributed by atoms with Gasteiger partial charge in [0.05, 0.1) is 0 Å². The highest BCUT2D eigenvalue weighted by Crippen LogP contribution is 2.45. The lowest BCUT2D eigenvalue weighted by molar-refractivity contribution is 0.126. The molecule has 1 aliphatic rings. The van der Waals surface area contributed by atoms with Gasteiger partial charge >= 0.3 is 0 Å². The summed E-state index contributed by atoms with van der Waals surface area (Å²) in [6.07, 6.45) is 6.93.